The molecule has 1 aromatic carbocycles. The summed E-state index contributed by atoms with van der Waals surface area (Å²) >= 11 is 0. The number of alkyl halides is 2. The van der Waals surface area contributed by atoms with Crippen molar-refractivity contribution in [2.45, 2.75) is 24.5 Å². The summed E-state index contributed by atoms with van der Waals surface area (Å²) in [5, 5.41) is 9.28. The Kier molecular flexibility index (Phi) is 2.41. The van der Waals surface area contributed by atoms with Gasteiger partial charge >= 0.3 is 17.9 Å². The van der Waals surface area contributed by atoms with Crippen molar-refractivity contribution in [1.82, 2.24) is 0 Å². The number of ether oxygens (including phenoxy) is 1. The third kappa shape index (κ3) is 1.36. The lowest BCUT2D eigenvalue weighted by Crippen LogP contribution is -2.35. The Bertz CT molecular complexity index is 721. The predicted molar refractivity (Wildman–Crippen MR) is 71.1 cm³/mol. The van der Waals surface area contributed by atoms with E-state index in [-0.39, 0.29) is 29.8 Å². The van der Waals surface area contributed by atoms with Gasteiger partial charge in [-0.15, -0.1) is 0 Å². The summed E-state index contributed by atoms with van der Waals surface area (Å²) in [5.74, 6) is -4.88. The number of carbonyl (C=O) groups is 2. The van der Waals surface area contributed by atoms with Gasteiger partial charge in [0.05, 0.1) is 29.6 Å². The van der Waals surface area contributed by atoms with Crippen LogP contribution in [0.3, 0.4) is 0 Å². The number of cyclic esters (lactones) is 1. The number of aliphatic hydroxyl groups is 1. The van der Waals surface area contributed by atoms with Crippen LogP contribution in [-0.2, 0) is 21.9 Å². The zero-order valence-corrected chi connectivity index (χ0v) is 11.5. The van der Waals surface area contributed by atoms with Crippen molar-refractivity contribution in [3.8, 4) is 0 Å². The molecule has 0 spiro atoms. The van der Waals surface area contributed by atoms with E-state index in [1.54, 1.807) is 6.07 Å². The van der Waals surface area contributed by atoms with Crippen LogP contribution in [0.1, 0.15) is 11.1 Å². The standard InChI is InChI=1S/C14H12F2N2O4/c1-17-8-3-2-7-6(11(8)14(15,16)12(17)20)4-9-10(5-19)22-13(21)18(7)9/h2-3,9-10,19H,4-5H2,1H3/t9-,10-/m0/s1. The van der Waals surface area contributed by atoms with Gasteiger partial charge in [-0.3, -0.25) is 9.69 Å². The molecule has 3 aliphatic rings. The molecule has 1 saturated heterocycles. The number of aliphatic hydroxyl groups excluding tert-OH is 1. The molecule has 1 N–H and O–H groups in total. The molecular weight excluding hydrogens is 298 g/mol. The number of halogens is 2. The number of hydrogen-bond acceptors (Lipinski definition) is 4. The summed E-state index contributed by atoms with van der Waals surface area (Å²) in [7, 11) is 1.30. The topological polar surface area (TPSA) is 70.1 Å². The highest BCUT2D eigenvalue weighted by Gasteiger charge is 2.57. The highest BCUT2D eigenvalue weighted by Crippen LogP contribution is 2.51. The van der Waals surface area contributed by atoms with Crippen LogP contribution in [0.2, 0.25) is 0 Å². The van der Waals surface area contributed by atoms with E-state index in [4.69, 9.17) is 4.74 Å². The number of carbonyl (C=O) groups excluding carboxylic acids is 2. The molecule has 0 unspecified atom stereocenters. The van der Waals surface area contributed by atoms with Crippen molar-refractivity contribution in [3.05, 3.63) is 23.3 Å². The van der Waals surface area contributed by atoms with Gasteiger partial charge < -0.3 is 14.7 Å². The molecular formula is C14H12F2N2O4. The second kappa shape index (κ2) is 3.95. The van der Waals surface area contributed by atoms with Crippen LogP contribution in [0, 0.1) is 0 Å². The molecule has 8 heteroatoms. The molecule has 2 atom stereocenters. The average molecular weight is 310 g/mol. The fourth-order valence-corrected chi connectivity index (χ4v) is 3.55. The maximum atomic E-state index is 14.3. The number of likely N-dealkylation sites (N-methyl/N-ethyl adjacent to an activating group) is 1. The quantitative estimate of drug-likeness (QED) is 0.840. The first-order chi connectivity index (χ1) is 10.4. The Labute approximate surface area is 123 Å². The summed E-state index contributed by atoms with van der Waals surface area (Å²) in [6, 6.07) is 2.44. The Balaban J connectivity index is 1.91. The molecule has 0 radical (unpaired) electrons. The van der Waals surface area contributed by atoms with Crippen molar-refractivity contribution < 1.29 is 28.2 Å². The van der Waals surface area contributed by atoms with Crippen LogP contribution in [-0.4, -0.2) is 42.9 Å². The molecule has 3 aliphatic heterocycles. The lowest BCUT2D eigenvalue weighted by molar-refractivity contribution is -0.141. The first-order valence-electron chi connectivity index (χ1n) is 6.81. The number of hydrogen-bond donors (Lipinski definition) is 1. The number of nitrogens with zero attached hydrogens (tertiary/aromatic N) is 2. The van der Waals surface area contributed by atoms with E-state index in [0.29, 0.717) is 5.69 Å². The number of rotatable bonds is 1. The van der Waals surface area contributed by atoms with Crippen molar-refractivity contribution in [3.63, 3.8) is 0 Å². The minimum Gasteiger partial charge on any atom is -0.441 e. The van der Waals surface area contributed by atoms with E-state index < -0.39 is 30.1 Å². The fourth-order valence-electron chi connectivity index (χ4n) is 3.55. The minimum atomic E-state index is -3.60. The number of fused-ring (bicyclic) bond motifs is 5. The number of amides is 2. The van der Waals surface area contributed by atoms with Gasteiger partial charge in [-0.25, -0.2) is 4.79 Å². The van der Waals surface area contributed by atoms with E-state index >= 15 is 0 Å². The van der Waals surface area contributed by atoms with Gasteiger partial charge in [0.2, 0.25) is 0 Å². The zero-order valence-electron chi connectivity index (χ0n) is 11.5. The summed E-state index contributed by atoms with van der Waals surface area (Å²) < 4.78 is 33.6. The predicted octanol–water partition coefficient (Wildman–Crippen LogP) is 0.997. The largest absolute Gasteiger partial charge is 0.441 e. The molecule has 3 heterocycles. The molecule has 1 aromatic rings. The van der Waals surface area contributed by atoms with Gasteiger partial charge in [-0.05, 0) is 24.1 Å². The zero-order chi connectivity index (χ0) is 15.8. The lowest BCUT2D eigenvalue weighted by Gasteiger charge is -2.15. The smallest absolute Gasteiger partial charge is 0.415 e. The highest BCUT2D eigenvalue weighted by molar-refractivity contribution is 6.07. The SMILES string of the molecule is CN1C(=O)C(F)(F)c2c1ccc1c2C[C@H]2[C@H](CO)OC(=O)N12. The Morgan fingerprint density at radius 3 is 2.73 bits per heavy atom. The lowest BCUT2D eigenvalue weighted by atomic mass is 9.97. The maximum Gasteiger partial charge on any atom is 0.415 e. The van der Waals surface area contributed by atoms with Gasteiger partial charge in [0, 0.05) is 7.05 Å². The van der Waals surface area contributed by atoms with Crippen LogP contribution >= 0.6 is 0 Å². The van der Waals surface area contributed by atoms with E-state index in [1.165, 1.54) is 18.0 Å². The molecule has 22 heavy (non-hydrogen) atoms. The maximum absolute atomic E-state index is 14.3. The molecule has 116 valence electrons. The van der Waals surface area contributed by atoms with Gasteiger partial charge in [-0.1, -0.05) is 0 Å². The summed E-state index contributed by atoms with van der Waals surface area (Å²) in [6.45, 7) is -0.377. The van der Waals surface area contributed by atoms with E-state index in [9.17, 15) is 23.5 Å². The van der Waals surface area contributed by atoms with Crippen LogP contribution in [0.5, 0.6) is 0 Å². The Hall–Kier alpha value is -2.22. The van der Waals surface area contributed by atoms with Crippen LogP contribution < -0.4 is 9.80 Å². The monoisotopic (exact) mass is 310 g/mol. The molecule has 0 aliphatic carbocycles. The van der Waals surface area contributed by atoms with Crippen molar-refractivity contribution in [2.75, 3.05) is 23.5 Å². The highest BCUT2D eigenvalue weighted by atomic mass is 19.3. The van der Waals surface area contributed by atoms with E-state index in [2.05, 4.69) is 0 Å². The number of anilines is 2. The molecule has 2 amide bonds. The Morgan fingerprint density at radius 1 is 1.36 bits per heavy atom. The molecule has 0 saturated carbocycles. The van der Waals surface area contributed by atoms with E-state index in [1.807, 2.05) is 0 Å². The third-order valence-electron chi connectivity index (χ3n) is 4.58. The van der Waals surface area contributed by atoms with Gasteiger partial charge in [0.1, 0.15) is 6.10 Å². The van der Waals surface area contributed by atoms with Crippen LogP contribution in [0.15, 0.2) is 12.1 Å². The normalized spacial score (nSPS) is 27.8. The van der Waals surface area contributed by atoms with Gasteiger partial charge in [0.25, 0.3) is 0 Å². The van der Waals surface area contributed by atoms with Crippen LogP contribution in [0.25, 0.3) is 0 Å². The van der Waals surface area contributed by atoms with Gasteiger partial charge in [-0.2, -0.15) is 8.78 Å². The molecule has 4 rings (SSSR count). The second-order valence-electron chi connectivity index (χ2n) is 5.64. The van der Waals surface area contributed by atoms with Crippen LogP contribution in [0.4, 0.5) is 25.0 Å². The van der Waals surface area contributed by atoms with Crippen molar-refractivity contribution in [1.29, 1.82) is 0 Å². The summed E-state index contributed by atoms with van der Waals surface area (Å²) in [5.41, 5.74) is 0.424. The summed E-state index contributed by atoms with van der Waals surface area (Å²) in [6.07, 6.45) is -1.28. The molecule has 0 aromatic heterocycles. The van der Waals surface area contributed by atoms with E-state index in [0.717, 1.165) is 4.90 Å². The van der Waals surface area contributed by atoms with Crippen molar-refractivity contribution >= 4 is 23.4 Å². The average Bonchev–Trinajstić information content (AvgIpc) is 3.06. The summed E-state index contributed by atoms with van der Waals surface area (Å²) in [4.78, 5) is 25.9. The minimum absolute atomic E-state index is 0.131. The molecule has 1 fully saturated rings. The fraction of sp³-hybridized carbons (Fsp3) is 0.429. The molecule has 0 bridgehead atoms. The van der Waals surface area contributed by atoms with Crippen molar-refractivity contribution in [2.24, 2.45) is 0 Å². The number of benzene rings is 1. The Morgan fingerprint density at radius 2 is 2.05 bits per heavy atom. The second-order valence-corrected chi connectivity index (χ2v) is 5.64. The first kappa shape index (κ1) is 13.4. The molecule has 6 nitrogen and oxygen atoms in total. The third-order valence-corrected chi connectivity index (χ3v) is 4.58. The van der Waals surface area contributed by atoms with Gasteiger partial charge in [0.15, 0.2) is 0 Å². The first-order valence-corrected chi connectivity index (χ1v) is 6.81.